The fraction of sp³-hybridized carbons (Fsp3) is 0.227. The summed E-state index contributed by atoms with van der Waals surface area (Å²) in [5.41, 5.74) is 3.22. The van der Waals surface area contributed by atoms with Gasteiger partial charge < -0.3 is 15.5 Å². The van der Waals surface area contributed by atoms with E-state index in [9.17, 15) is 14.4 Å². The summed E-state index contributed by atoms with van der Waals surface area (Å²) >= 11 is 0. The van der Waals surface area contributed by atoms with Gasteiger partial charge in [0.15, 0.2) is 0 Å². The van der Waals surface area contributed by atoms with Crippen LogP contribution in [0.5, 0.6) is 0 Å². The molecule has 28 heavy (non-hydrogen) atoms. The minimum Gasteiger partial charge on any atom is -0.345 e. The monoisotopic (exact) mass is 375 g/mol. The van der Waals surface area contributed by atoms with Crippen molar-refractivity contribution in [2.45, 2.75) is 13.0 Å². The molecule has 1 aliphatic rings. The van der Waals surface area contributed by atoms with Crippen molar-refractivity contribution in [1.29, 1.82) is 0 Å². The molecule has 3 rings (SSSR count). The third kappa shape index (κ3) is 3.47. The highest BCUT2D eigenvalue weighted by Gasteiger charge is 2.34. The molecule has 3 amide bonds. The summed E-state index contributed by atoms with van der Waals surface area (Å²) in [5.74, 6) is 0.0109. The van der Waals surface area contributed by atoms with E-state index in [1.165, 1.54) is 11.8 Å². The summed E-state index contributed by atoms with van der Waals surface area (Å²) < 4.78 is 0. The van der Waals surface area contributed by atoms with Gasteiger partial charge in [0.05, 0.1) is 12.2 Å². The lowest BCUT2D eigenvalue weighted by atomic mass is 9.95. The van der Waals surface area contributed by atoms with Crippen molar-refractivity contribution in [1.82, 2.24) is 10.6 Å². The Bertz CT molecular complexity index is 977. The number of carbonyl (C=O) groups excluding carboxylic acids is 3. The number of nitrogens with one attached hydrogen (secondary N) is 2. The predicted molar refractivity (Wildman–Crippen MR) is 107 cm³/mol. The zero-order valence-corrected chi connectivity index (χ0v) is 15.7. The molecule has 0 aliphatic carbocycles. The number of hydrogen-bond acceptors (Lipinski definition) is 3. The minimum absolute atomic E-state index is 0.0414. The Morgan fingerprint density at radius 3 is 2.46 bits per heavy atom. The lowest BCUT2D eigenvalue weighted by molar-refractivity contribution is -0.136. The summed E-state index contributed by atoms with van der Waals surface area (Å²) in [6, 6.07) is 14.1. The van der Waals surface area contributed by atoms with Gasteiger partial charge in [-0.25, -0.2) is 0 Å². The third-order valence-electron chi connectivity index (χ3n) is 4.84. The van der Waals surface area contributed by atoms with Crippen molar-refractivity contribution in [3.05, 3.63) is 54.1 Å². The van der Waals surface area contributed by atoms with Gasteiger partial charge in [0.2, 0.25) is 11.8 Å². The molecule has 142 valence electrons. The van der Waals surface area contributed by atoms with Crippen molar-refractivity contribution < 1.29 is 14.4 Å². The van der Waals surface area contributed by atoms with Gasteiger partial charge in [0.1, 0.15) is 12.0 Å². The number of fused-ring (bicyclic) bond motifs is 3. The first-order chi connectivity index (χ1) is 13.5. The fourth-order valence-electron chi connectivity index (χ4n) is 3.25. The molecule has 2 N–H and O–H groups in total. The van der Waals surface area contributed by atoms with E-state index in [4.69, 9.17) is 6.42 Å². The Kier molecular flexibility index (Phi) is 5.46. The summed E-state index contributed by atoms with van der Waals surface area (Å²) in [7, 11) is 1.68. The van der Waals surface area contributed by atoms with Crippen LogP contribution >= 0.6 is 0 Å². The van der Waals surface area contributed by atoms with Crippen LogP contribution < -0.4 is 15.5 Å². The quantitative estimate of drug-likeness (QED) is 0.633. The second-order valence-corrected chi connectivity index (χ2v) is 6.59. The van der Waals surface area contributed by atoms with Gasteiger partial charge in [-0.05, 0) is 24.1 Å². The van der Waals surface area contributed by atoms with E-state index in [1.54, 1.807) is 7.05 Å². The predicted octanol–water partition coefficient (Wildman–Crippen LogP) is 1.87. The second-order valence-electron chi connectivity index (χ2n) is 6.59. The van der Waals surface area contributed by atoms with Crippen LogP contribution in [0.15, 0.2) is 48.5 Å². The summed E-state index contributed by atoms with van der Waals surface area (Å²) in [4.78, 5) is 39.4. The molecule has 6 heteroatoms. The lowest BCUT2D eigenvalue weighted by Gasteiger charge is -2.24. The van der Waals surface area contributed by atoms with Gasteiger partial charge >= 0.3 is 0 Å². The minimum atomic E-state index is -0.982. The second kappa shape index (κ2) is 7.97. The van der Waals surface area contributed by atoms with Crippen molar-refractivity contribution >= 4 is 23.4 Å². The van der Waals surface area contributed by atoms with Crippen LogP contribution in [0.2, 0.25) is 0 Å². The van der Waals surface area contributed by atoms with Gasteiger partial charge in [-0.15, -0.1) is 6.42 Å². The van der Waals surface area contributed by atoms with Crippen molar-refractivity contribution in [3.63, 3.8) is 0 Å². The van der Waals surface area contributed by atoms with E-state index in [1.807, 2.05) is 48.5 Å². The molecule has 1 aliphatic heterocycles. The normalized spacial score (nSPS) is 16.1. The first-order valence-corrected chi connectivity index (χ1v) is 8.93. The first kappa shape index (κ1) is 19.2. The fourth-order valence-corrected chi connectivity index (χ4v) is 3.25. The average molecular weight is 375 g/mol. The number of rotatable bonds is 4. The van der Waals surface area contributed by atoms with Crippen molar-refractivity contribution in [3.8, 4) is 23.5 Å². The number of amides is 3. The van der Waals surface area contributed by atoms with Crippen LogP contribution in [0.25, 0.3) is 11.1 Å². The molecule has 0 aromatic heterocycles. The zero-order chi connectivity index (χ0) is 20.3. The molecular formula is C22H21N3O3. The van der Waals surface area contributed by atoms with Crippen molar-refractivity contribution in [2.75, 3.05) is 18.5 Å². The number of likely N-dealkylation sites (N-methyl/N-ethyl adjacent to an activating group) is 1. The third-order valence-corrected chi connectivity index (χ3v) is 4.84. The number of anilines is 1. The van der Waals surface area contributed by atoms with Gasteiger partial charge in [-0.2, -0.15) is 0 Å². The smallest absolute Gasteiger partial charge is 0.253 e. The first-order valence-electron chi connectivity index (χ1n) is 8.93. The Balaban J connectivity index is 1.96. The molecule has 0 saturated carbocycles. The summed E-state index contributed by atoms with van der Waals surface area (Å²) in [6.07, 6.45) is 5.13. The topological polar surface area (TPSA) is 78.5 Å². The molecule has 0 bridgehead atoms. The molecule has 0 fully saturated rings. The molecule has 0 spiro atoms. The van der Waals surface area contributed by atoms with E-state index < -0.39 is 23.8 Å². The number of terminal acetylenes is 1. The standard InChI is InChI=1S/C22H21N3O3/c1-4-13-23-20(26)14(2)21(27)24-19-17-11-6-5-9-15(17)16-10-7-8-12-18(16)25(3)22(19)28/h1,5-12,14,19H,13H2,2-3H3,(H,23,26)(H,24,27). The number of hydrogen-bond donors (Lipinski definition) is 2. The van der Waals surface area contributed by atoms with Gasteiger partial charge in [0.25, 0.3) is 5.91 Å². The zero-order valence-electron chi connectivity index (χ0n) is 15.7. The summed E-state index contributed by atoms with van der Waals surface area (Å²) in [5, 5.41) is 5.23. The van der Waals surface area contributed by atoms with Gasteiger partial charge in [0, 0.05) is 12.6 Å². The van der Waals surface area contributed by atoms with Crippen LogP contribution in [0.1, 0.15) is 18.5 Å². The van der Waals surface area contributed by atoms with Crippen LogP contribution in [0.3, 0.4) is 0 Å². The molecule has 2 unspecified atom stereocenters. The van der Waals surface area contributed by atoms with Gasteiger partial charge in [-0.1, -0.05) is 48.4 Å². The maximum Gasteiger partial charge on any atom is 0.253 e. The molecule has 0 saturated heterocycles. The Morgan fingerprint density at radius 2 is 1.75 bits per heavy atom. The molecule has 2 atom stereocenters. The van der Waals surface area contributed by atoms with E-state index in [-0.39, 0.29) is 12.5 Å². The maximum absolute atomic E-state index is 13.2. The highest BCUT2D eigenvalue weighted by atomic mass is 16.2. The van der Waals surface area contributed by atoms with Crippen LogP contribution in [-0.4, -0.2) is 31.3 Å². The Hall–Kier alpha value is -3.59. The summed E-state index contributed by atoms with van der Waals surface area (Å²) in [6.45, 7) is 1.52. The van der Waals surface area contributed by atoms with E-state index >= 15 is 0 Å². The molecule has 0 radical (unpaired) electrons. The number of benzene rings is 2. The maximum atomic E-state index is 13.2. The van der Waals surface area contributed by atoms with Crippen LogP contribution in [-0.2, 0) is 14.4 Å². The van der Waals surface area contributed by atoms with Crippen LogP contribution in [0.4, 0.5) is 5.69 Å². The Morgan fingerprint density at radius 1 is 1.11 bits per heavy atom. The average Bonchev–Trinajstić information content (AvgIpc) is 2.81. The highest BCUT2D eigenvalue weighted by Crippen LogP contribution is 2.39. The Labute approximate surface area is 163 Å². The largest absolute Gasteiger partial charge is 0.345 e. The van der Waals surface area contributed by atoms with E-state index in [0.717, 1.165) is 16.8 Å². The van der Waals surface area contributed by atoms with Crippen LogP contribution in [0, 0.1) is 18.3 Å². The SMILES string of the molecule is C#CCNC(=O)C(C)C(=O)NC1C(=O)N(C)c2ccccc2-c2ccccc21. The van der Waals surface area contributed by atoms with Crippen molar-refractivity contribution in [2.24, 2.45) is 5.92 Å². The highest BCUT2D eigenvalue weighted by molar-refractivity contribution is 6.07. The molecule has 2 aromatic rings. The molecule has 2 aromatic carbocycles. The number of nitrogens with zero attached hydrogens (tertiary/aromatic N) is 1. The van der Waals surface area contributed by atoms with E-state index in [2.05, 4.69) is 16.6 Å². The molecular weight excluding hydrogens is 354 g/mol. The van der Waals surface area contributed by atoms with Gasteiger partial charge in [-0.3, -0.25) is 14.4 Å². The lowest BCUT2D eigenvalue weighted by Crippen LogP contribution is -2.45. The molecule has 1 heterocycles. The number of para-hydroxylation sites is 1. The van der Waals surface area contributed by atoms with E-state index in [0.29, 0.717) is 5.56 Å². The molecule has 6 nitrogen and oxygen atoms in total. The number of carbonyl (C=O) groups is 3.